The van der Waals surface area contributed by atoms with Crippen LogP contribution in [0.3, 0.4) is 0 Å². The van der Waals surface area contributed by atoms with E-state index in [0.717, 1.165) is 45.1 Å². The van der Waals surface area contributed by atoms with Crippen molar-refractivity contribution >= 4 is 5.97 Å². The van der Waals surface area contributed by atoms with Gasteiger partial charge in [-0.2, -0.15) is 0 Å². The normalized spacial score (nSPS) is 17.8. The van der Waals surface area contributed by atoms with E-state index in [-0.39, 0.29) is 17.0 Å². The zero-order valence-corrected chi connectivity index (χ0v) is 19.6. The van der Waals surface area contributed by atoms with Gasteiger partial charge < -0.3 is 14.2 Å². The highest BCUT2D eigenvalue weighted by molar-refractivity contribution is 5.66. The lowest BCUT2D eigenvalue weighted by Gasteiger charge is -2.46. The molecule has 3 unspecified atom stereocenters. The molecule has 0 amide bonds. The SMILES string of the molecule is CCC(C)OCCCCC(C)(CC)C(C)(CC)OCCC(C)(C)OC(C)=O. The lowest BCUT2D eigenvalue weighted by molar-refractivity contribution is -0.161. The molecular formula is C23H46O4. The molecule has 162 valence electrons. The summed E-state index contributed by atoms with van der Waals surface area (Å²) in [5.74, 6) is -0.240. The average molecular weight is 387 g/mol. The third-order valence-electron chi connectivity index (χ3n) is 6.38. The van der Waals surface area contributed by atoms with Crippen molar-refractivity contribution in [1.82, 2.24) is 0 Å². The molecular weight excluding hydrogens is 340 g/mol. The van der Waals surface area contributed by atoms with Crippen LogP contribution in [0.2, 0.25) is 0 Å². The van der Waals surface area contributed by atoms with Gasteiger partial charge in [-0.1, -0.05) is 34.1 Å². The Balaban J connectivity index is 4.66. The van der Waals surface area contributed by atoms with Crippen LogP contribution in [-0.4, -0.2) is 36.5 Å². The van der Waals surface area contributed by atoms with E-state index in [0.29, 0.717) is 19.1 Å². The Morgan fingerprint density at radius 1 is 0.926 bits per heavy atom. The summed E-state index contributed by atoms with van der Waals surface area (Å²) < 4.78 is 17.6. The number of hydrogen-bond acceptors (Lipinski definition) is 4. The standard InChI is InChI=1S/C23H46O4/c1-10-19(4)25-17-14-13-15-22(8,11-2)23(9,12-3)26-18-16-21(6,7)27-20(5)24/h19H,10-18H2,1-9H3. The number of hydrogen-bond donors (Lipinski definition) is 0. The van der Waals surface area contributed by atoms with Gasteiger partial charge in [0.25, 0.3) is 0 Å². The van der Waals surface area contributed by atoms with Gasteiger partial charge in [0.2, 0.25) is 0 Å². The highest BCUT2D eigenvalue weighted by Gasteiger charge is 2.42. The maximum Gasteiger partial charge on any atom is 0.303 e. The summed E-state index contributed by atoms with van der Waals surface area (Å²) in [6, 6.07) is 0. The second-order valence-corrected chi connectivity index (χ2v) is 9.00. The van der Waals surface area contributed by atoms with Crippen molar-refractivity contribution in [1.29, 1.82) is 0 Å². The fourth-order valence-electron chi connectivity index (χ4n) is 3.50. The molecule has 0 aromatic heterocycles. The Labute approximate surface area is 168 Å². The Kier molecular flexibility index (Phi) is 11.8. The van der Waals surface area contributed by atoms with Gasteiger partial charge in [0, 0.05) is 20.0 Å². The fraction of sp³-hybridized carbons (Fsp3) is 0.957. The number of carbonyl (C=O) groups excluding carboxylic acids is 1. The predicted octanol–water partition coefficient (Wildman–Crippen LogP) is 6.31. The number of unbranched alkanes of at least 4 members (excludes halogenated alkanes) is 1. The number of esters is 1. The van der Waals surface area contributed by atoms with Gasteiger partial charge in [-0.15, -0.1) is 0 Å². The molecule has 0 spiro atoms. The van der Waals surface area contributed by atoms with Gasteiger partial charge in [-0.05, 0) is 65.2 Å². The predicted molar refractivity (Wildman–Crippen MR) is 113 cm³/mol. The minimum Gasteiger partial charge on any atom is -0.460 e. The van der Waals surface area contributed by atoms with Crippen LogP contribution in [0.4, 0.5) is 0 Å². The second kappa shape index (κ2) is 12.1. The first-order valence-electron chi connectivity index (χ1n) is 10.9. The van der Waals surface area contributed by atoms with Crippen LogP contribution in [0, 0.1) is 5.41 Å². The van der Waals surface area contributed by atoms with Crippen LogP contribution in [0.5, 0.6) is 0 Å². The summed E-state index contributed by atoms with van der Waals surface area (Å²) in [7, 11) is 0. The smallest absolute Gasteiger partial charge is 0.303 e. The molecule has 0 saturated carbocycles. The molecule has 0 N–H and O–H groups in total. The molecule has 0 aromatic carbocycles. The van der Waals surface area contributed by atoms with Crippen molar-refractivity contribution in [3.8, 4) is 0 Å². The molecule has 27 heavy (non-hydrogen) atoms. The zero-order valence-electron chi connectivity index (χ0n) is 19.6. The number of rotatable bonds is 15. The summed E-state index contributed by atoms with van der Waals surface area (Å²) in [5.41, 5.74) is -0.564. The van der Waals surface area contributed by atoms with Crippen LogP contribution in [-0.2, 0) is 19.0 Å². The summed E-state index contributed by atoms with van der Waals surface area (Å²) in [4.78, 5) is 11.2. The Bertz CT molecular complexity index is 421. The molecule has 0 fully saturated rings. The second-order valence-electron chi connectivity index (χ2n) is 9.00. The van der Waals surface area contributed by atoms with Gasteiger partial charge in [-0.3, -0.25) is 4.79 Å². The maximum atomic E-state index is 11.2. The van der Waals surface area contributed by atoms with E-state index in [4.69, 9.17) is 14.2 Å². The van der Waals surface area contributed by atoms with Crippen molar-refractivity contribution in [2.75, 3.05) is 13.2 Å². The first kappa shape index (κ1) is 26.4. The van der Waals surface area contributed by atoms with Gasteiger partial charge >= 0.3 is 5.97 Å². The molecule has 0 heterocycles. The van der Waals surface area contributed by atoms with E-state index in [1.165, 1.54) is 6.92 Å². The van der Waals surface area contributed by atoms with E-state index < -0.39 is 5.60 Å². The summed E-state index contributed by atoms with van der Waals surface area (Å²) in [5, 5.41) is 0. The van der Waals surface area contributed by atoms with Gasteiger partial charge in [0.15, 0.2) is 0 Å². The molecule has 3 atom stereocenters. The van der Waals surface area contributed by atoms with Gasteiger partial charge in [0.1, 0.15) is 5.60 Å². The third kappa shape index (κ3) is 9.43. The highest BCUT2D eigenvalue weighted by atomic mass is 16.6. The lowest BCUT2D eigenvalue weighted by atomic mass is 9.67. The van der Waals surface area contributed by atoms with Crippen molar-refractivity contribution in [3.05, 3.63) is 0 Å². The Hall–Kier alpha value is -0.610. The molecule has 0 bridgehead atoms. The molecule has 4 nitrogen and oxygen atoms in total. The number of ether oxygens (including phenoxy) is 3. The first-order valence-corrected chi connectivity index (χ1v) is 10.9. The summed E-state index contributed by atoms with van der Waals surface area (Å²) in [6.45, 7) is 20.1. The maximum absolute atomic E-state index is 11.2. The largest absolute Gasteiger partial charge is 0.460 e. The van der Waals surface area contributed by atoms with Gasteiger partial charge in [-0.25, -0.2) is 0 Å². The van der Waals surface area contributed by atoms with Crippen molar-refractivity contribution in [2.24, 2.45) is 5.41 Å². The molecule has 0 aliphatic carbocycles. The van der Waals surface area contributed by atoms with Crippen molar-refractivity contribution in [2.45, 2.75) is 125 Å². The molecule has 0 aliphatic heterocycles. The molecule has 0 radical (unpaired) electrons. The van der Waals surface area contributed by atoms with Crippen molar-refractivity contribution in [3.63, 3.8) is 0 Å². The highest BCUT2D eigenvalue weighted by Crippen LogP contribution is 2.44. The zero-order chi connectivity index (χ0) is 21.1. The molecule has 0 saturated heterocycles. The number of carbonyl (C=O) groups is 1. The molecule has 0 rings (SSSR count). The van der Waals surface area contributed by atoms with E-state index in [1.54, 1.807) is 0 Å². The summed E-state index contributed by atoms with van der Waals surface area (Å²) in [6.07, 6.45) is 7.55. The van der Waals surface area contributed by atoms with Crippen LogP contribution < -0.4 is 0 Å². The molecule has 0 aromatic rings. The van der Waals surface area contributed by atoms with Crippen LogP contribution >= 0.6 is 0 Å². The molecule has 4 heteroatoms. The van der Waals surface area contributed by atoms with E-state index in [1.807, 2.05) is 13.8 Å². The topological polar surface area (TPSA) is 44.8 Å². The first-order chi connectivity index (χ1) is 12.4. The van der Waals surface area contributed by atoms with E-state index in [9.17, 15) is 4.79 Å². The van der Waals surface area contributed by atoms with Crippen molar-refractivity contribution < 1.29 is 19.0 Å². The van der Waals surface area contributed by atoms with Crippen LogP contribution in [0.1, 0.15) is 107 Å². The summed E-state index contributed by atoms with van der Waals surface area (Å²) >= 11 is 0. The van der Waals surface area contributed by atoms with Crippen LogP contribution in [0.15, 0.2) is 0 Å². The van der Waals surface area contributed by atoms with Gasteiger partial charge in [0.05, 0.1) is 18.3 Å². The fourth-order valence-corrected chi connectivity index (χ4v) is 3.50. The Morgan fingerprint density at radius 3 is 2.04 bits per heavy atom. The Morgan fingerprint density at radius 2 is 1.56 bits per heavy atom. The van der Waals surface area contributed by atoms with E-state index in [2.05, 4.69) is 41.5 Å². The quantitative estimate of drug-likeness (QED) is 0.244. The monoisotopic (exact) mass is 386 g/mol. The van der Waals surface area contributed by atoms with E-state index >= 15 is 0 Å². The molecule has 0 aliphatic rings. The average Bonchev–Trinajstić information content (AvgIpc) is 2.59. The minimum absolute atomic E-state index is 0.115. The van der Waals surface area contributed by atoms with Crippen LogP contribution in [0.25, 0.3) is 0 Å². The lowest BCUT2D eigenvalue weighted by Crippen LogP contribution is -2.46. The minimum atomic E-state index is -0.490. The third-order valence-corrected chi connectivity index (χ3v) is 6.38.